The second-order valence-electron chi connectivity index (χ2n) is 14.8. The average Bonchev–Trinajstić information content (AvgIpc) is 3.05. The number of ether oxygens (including phenoxy) is 4. The Morgan fingerprint density at radius 1 is 1.09 bits per heavy atom. The molecule has 2 aliphatic heterocycles. The zero-order valence-corrected chi connectivity index (χ0v) is 27.6. The van der Waals surface area contributed by atoms with Crippen molar-refractivity contribution in [2.24, 2.45) is 34.3 Å². The Hall–Kier alpha value is -3.57. The Bertz CT molecular complexity index is 1700. The minimum atomic E-state index is -1.26. The van der Waals surface area contributed by atoms with Crippen LogP contribution in [0.4, 0.5) is 0 Å². The number of aliphatic hydroxyl groups excluding tert-OH is 1. The zero-order chi connectivity index (χ0) is 33.3. The lowest BCUT2D eigenvalue weighted by Crippen LogP contribution is -2.72. The summed E-state index contributed by atoms with van der Waals surface area (Å²) in [7, 11) is 0. The number of pyridine rings is 1. The molecule has 2 aromatic heterocycles. The van der Waals surface area contributed by atoms with E-state index in [1.165, 1.54) is 0 Å². The van der Waals surface area contributed by atoms with Gasteiger partial charge in [-0.3, -0.25) is 9.78 Å². The first-order chi connectivity index (χ1) is 22.4. The summed E-state index contributed by atoms with van der Waals surface area (Å²) in [5.74, 6) is -1.03. The fraction of sp³-hybridized carbons (Fsp3) is 0.541. The molecule has 10 nitrogen and oxygen atoms in total. The standard InChI is InChI=1S/C37H44N2O8/c1-20(2)29(38)33(42)45-27-18-25-35(3,15-14-26-36(25,4)19-43-34(46-26)21-11-7-6-8-12-21)31-30(40)28-24(47-37(27,31)5)17-23(44-32(28)41)22-13-9-10-16-39-22/h6-13,16-17,20,25-27,29-31,34,40H,14-15,18-19,38H2,1-5H3/t25?,26-,27-,29?,30-,31?,34?,35-,36-,37+/m0/s1. The van der Waals surface area contributed by atoms with Gasteiger partial charge in [-0.15, -0.1) is 0 Å². The molecule has 3 N–H and O–H groups in total. The van der Waals surface area contributed by atoms with Crippen molar-refractivity contribution in [2.45, 2.75) is 90.1 Å². The van der Waals surface area contributed by atoms with E-state index in [1.54, 1.807) is 30.5 Å². The third kappa shape index (κ3) is 5.03. The molecule has 1 aromatic carbocycles. The number of fused-ring (bicyclic) bond motifs is 6. The lowest BCUT2D eigenvalue weighted by Gasteiger charge is -2.67. The molecule has 0 spiro atoms. The summed E-state index contributed by atoms with van der Waals surface area (Å²) in [6, 6.07) is 15.9. The maximum Gasteiger partial charge on any atom is 0.345 e. The molecule has 0 radical (unpaired) electrons. The first kappa shape index (κ1) is 32.0. The van der Waals surface area contributed by atoms with Gasteiger partial charge >= 0.3 is 11.6 Å². The third-order valence-corrected chi connectivity index (χ3v) is 11.7. The SMILES string of the molecule is CC(C)C(N)C(=O)O[C@H]1CC2[C@](C)(CC[C@@H]3OC(c4ccccc4)OC[C@@]23C)C2[C@@H](O)c3c(cc(-c4ccccn4)oc3=O)O[C@@]21C. The maximum absolute atomic E-state index is 13.6. The molecule has 4 aliphatic rings. The van der Waals surface area contributed by atoms with E-state index in [1.807, 2.05) is 51.1 Å². The van der Waals surface area contributed by atoms with Gasteiger partial charge in [0.1, 0.15) is 34.8 Å². The van der Waals surface area contributed by atoms with Crippen molar-refractivity contribution in [3.8, 4) is 17.2 Å². The van der Waals surface area contributed by atoms with E-state index in [0.717, 1.165) is 12.0 Å². The number of hydrogen-bond donors (Lipinski definition) is 2. The summed E-state index contributed by atoms with van der Waals surface area (Å²) in [5, 5.41) is 12.3. The second kappa shape index (κ2) is 11.5. The number of esters is 1. The summed E-state index contributed by atoms with van der Waals surface area (Å²) < 4.78 is 31.9. The summed E-state index contributed by atoms with van der Waals surface area (Å²) in [6.45, 7) is 10.4. The molecule has 1 saturated heterocycles. The lowest BCUT2D eigenvalue weighted by atomic mass is 9.42. The fourth-order valence-corrected chi connectivity index (χ4v) is 9.11. The van der Waals surface area contributed by atoms with Gasteiger partial charge in [-0.25, -0.2) is 4.79 Å². The van der Waals surface area contributed by atoms with Crippen LogP contribution in [0.5, 0.6) is 5.75 Å². The van der Waals surface area contributed by atoms with Gasteiger partial charge in [0.05, 0.1) is 18.8 Å². The molecule has 2 aliphatic carbocycles. The zero-order valence-electron chi connectivity index (χ0n) is 27.6. The van der Waals surface area contributed by atoms with Crippen LogP contribution >= 0.6 is 0 Å². The summed E-state index contributed by atoms with van der Waals surface area (Å²) >= 11 is 0. The molecular weight excluding hydrogens is 600 g/mol. The predicted octanol–water partition coefficient (Wildman–Crippen LogP) is 5.34. The molecule has 4 heterocycles. The highest BCUT2D eigenvalue weighted by atomic mass is 16.7. The Morgan fingerprint density at radius 3 is 2.53 bits per heavy atom. The van der Waals surface area contributed by atoms with Gasteiger partial charge < -0.3 is 34.2 Å². The van der Waals surface area contributed by atoms with Gasteiger partial charge in [0, 0.05) is 29.2 Å². The van der Waals surface area contributed by atoms with E-state index >= 15 is 0 Å². The van der Waals surface area contributed by atoms with Crippen LogP contribution in [-0.2, 0) is 19.0 Å². The van der Waals surface area contributed by atoms with Crippen molar-refractivity contribution in [1.82, 2.24) is 4.98 Å². The fourth-order valence-electron chi connectivity index (χ4n) is 9.11. The highest BCUT2D eigenvalue weighted by molar-refractivity contribution is 5.76. The number of rotatable bonds is 5. The van der Waals surface area contributed by atoms with Gasteiger partial charge in [-0.05, 0) is 55.6 Å². The molecule has 10 atom stereocenters. The van der Waals surface area contributed by atoms with Crippen molar-refractivity contribution in [3.63, 3.8) is 0 Å². The minimum absolute atomic E-state index is 0.0607. The van der Waals surface area contributed by atoms with Crippen molar-refractivity contribution < 1.29 is 33.3 Å². The van der Waals surface area contributed by atoms with Crippen LogP contribution in [0.25, 0.3) is 11.5 Å². The molecule has 2 saturated carbocycles. The van der Waals surface area contributed by atoms with Crippen LogP contribution in [0, 0.1) is 28.6 Å². The molecule has 0 amide bonds. The second-order valence-corrected chi connectivity index (χ2v) is 14.8. The van der Waals surface area contributed by atoms with Crippen LogP contribution in [-0.4, -0.2) is 46.5 Å². The van der Waals surface area contributed by atoms with E-state index in [9.17, 15) is 14.7 Å². The van der Waals surface area contributed by atoms with Gasteiger partial charge in [-0.1, -0.05) is 64.1 Å². The van der Waals surface area contributed by atoms with E-state index in [0.29, 0.717) is 25.1 Å². The molecule has 4 unspecified atom stereocenters. The molecule has 250 valence electrons. The van der Waals surface area contributed by atoms with Crippen LogP contribution < -0.4 is 16.1 Å². The van der Waals surface area contributed by atoms with Crippen molar-refractivity contribution in [2.75, 3.05) is 6.61 Å². The quantitative estimate of drug-likeness (QED) is 0.350. The average molecular weight is 645 g/mol. The van der Waals surface area contributed by atoms with Crippen LogP contribution in [0.1, 0.15) is 77.4 Å². The van der Waals surface area contributed by atoms with Crippen molar-refractivity contribution in [3.05, 3.63) is 82.3 Å². The third-order valence-electron chi connectivity index (χ3n) is 11.7. The van der Waals surface area contributed by atoms with E-state index in [-0.39, 0.29) is 35.0 Å². The minimum Gasteiger partial charge on any atom is -0.482 e. The molecule has 10 heteroatoms. The van der Waals surface area contributed by atoms with Gasteiger partial charge in [-0.2, -0.15) is 0 Å². The monoisotopic (exact) mass is 644 g/mol. The predicted molar refractivity (Wildman–Crippen MR) is 172 cm³/mol. The Morgan fingerprint density at radius 2 is 1.83 bits per heavy atom. The summed E-state index contributed by atoms with van der Waals surface area (Å²) in [6.07, 6.45) is 0.780. The van der Waals surface area contributed by atoms with Crippen LogP contribution in [0.2, 0.25) is 0 Å². The number of aromatic nitrogens is 1. The molecule has 47 heavy (non-hydrogen) atoms. The number of benzene rings is 1. The molecule has 3 aromatic rings. The van der Waals surface area contributed by atoms with Crippen molar-refractivity contribution >= 4 is 5.97 Å². The van der Waals surface area contributed by atoms with Gasteiger partial charge in [0.15, 0.2) is 12.1 Å². The van der Waals surface area contributed by atoms with E-state index < -0.39 is 58.5 Å². The van der Waals surface area contributed by atoms with Crippen LogP contribution in [0.3, 0.4) is 0 Å². The number of nitrogens with two attached hydrogens (primary N) is 1. The smallest absolute Gasteiger partial charge is 0.345 e. The van der Waals surface area contributed by atoms with Crippen LogP contribution in [0.15, 0.2) is 70.0 Å². The Labute approximate surface area is 274 Å². The summed E-state index contributed by atoms with van der Waals surface area (Å²) in [4.78, 5) is 31.4. The summed E-state index contributed by atoms with van der Waals surface area (Å²) in [5.41, 5.74) is 4.83. The van der Waals surface area contributed by atoms with Gasteiger partial charge in [0.2, 0.25) is 0 Å². The maximum atomic E-state index is 13.6. The first-order valence-electron chi connectivity index (χ1n) is 16.6. The Kier molecular flexibility index (Phi) is 7.86. The van der Waals surface area contributed by atoms with E-state index in [2.05, 4.69) is 18.8 Å². The van der Waals surface area contributed by atoms with Crippen molar-refractivity contribution in [1.29, 1.82) is 0 Å². The topological polar surface area (TPSA) is 143 Å². The number of carbonyl (C=O) groups excluding carboxylic acids is 1. The number of aliphatic hydroxyl groups is 1. The van der Waals surface area contributed by atoms with Gasteiger partial charge in [0.25, 0.3) is 0 Å². The number of nitrogens with zero attached hydrogens (tertiary/aromatic N) is 1. The molecule has 0 bridgehead atoms. The lowest BCUT2D eigenvalue weighted by molar-refractivity contribution is -0.331. The Balaban J connectivity index is 1.31. The normalized spacial score (nSPS) is 36.6. The number of hydrogen-bond acceptors (Lipinski definition) is 10. The highest BCUT2D eigenvalue weighted by Crippen LogP contribution is 2.68. The molecular formula is C37H44N2O8. The largest absolute Gasteiger partial charge is 0.482 e. The number of carbonyl (C=O) groups is 1. The molecule has 7 rings (SSSR count). The highest BCUT2D eigenvalue weighted by Gasteiger charge is 2.71. The molecule has 3 fully saturated rings. The first-order valence-corrected chi connectivity index (χ1v) is 16.6. The van der Waals surface area contributed by atoms with E-state index in [4.69, 9.17) is 29.1 Å².